The number of esters is 1. The van der Waals surface area contributed by atoms with Gasteiger partial charge < -0.3 is 15.0 Å². The smallest absolute Gasteiger partial charge is 0.329 e. The number of hydrogen-bond acceptors (Lipinski definition) is 4. The van der Waals surface area contributed by atoms with Gasteiger partial charge in [0.15, 0.2) is 5.67 Å². The minimum Gasteiger partial charge on any atom is -0.459 e. The number of alkyl halides is 1. The van der Waals surface area contributed by atoms with Crippen LogP contribution in [-0.4, -0.2) is 47.0 Å². The zero-order chi connectivity index (χ0) is 21.2. The lowest BCUT2D eigenvalue weighted by atomic mass is 9.85. The Kier molecular flexibility index (Phi) is 5.96. The Morgan fingerprint density at radius 2 is 1.90 bits per heavy atom. The minimum absolute atomic E-state index is 0.141. The Balaban J connectivity index is 1.67. The second-order valence-corrected chi connectivity index (χ2v) is 9.02. The second-order valence-electron chi connectivity index (χ2n) is 9.02. The molecule has 6 nitrogen and oxygen atoms in total. The van der Waals surface area contributed by atoms with E-state index < -0.39 is 35.0 Å². The summed E-state index contributed by atoms with van der Waals surface area (Å²) < 4.78 is 19.6. The highest BCUT2D eigenvalue weighted by atomic mass is 19.1. The van der Waals surface area contributed by atoms with Crippen LogP contribution in [-0.2, 0) is 25.7 Å². The van der Waals surface area contributed by atoms with Gasteiger partial charge in [-0.05, 0) is 36.7 Å². The number of hydrogen-bond donors (Lipinski definition) is 1. The number of likely N-dealkylation sites (tertiary alicyclic amines) is 1. The number of benzene rings is 1. The minimum atomic E-state index is -1.86. The molecule has 2 amide bonds. The maximum absolute atomic E-state index is 14.1. The molecule has 1 saturated carbocycles. The van der Waals surface area contributed by atoms with Gasteiger partial charge in [-0.1, -0.05) is 51.1 Å². The molecule has 1 aromatic rings. The Morgan fingerprint density at radius 3 is 2.48 bits per heavy atom. The van der Waals surface area contributed by atoms with Crippen molar-refractivity contribution in [3.8, 4) is 0 Å². The number of carbonyl (C=O) groups is 3. The van der Waals surface area contributed by atoms with Crippen LogP contribution in [0.25, 0.3) is 0 Å². The van der Waals surface area contributed by atoms with Gasteiger partial charge >= 0.3 is 5.97 Å². The van der Waals surface area contributed by atoms with Crippen LogP contribution in [0.5, 0.6) is 0 Å². The summed E-state index contributed by atoms with van der Waals surface area (Å²) in [4.78, 5) is 39.6. The van der Waals surface area contributed by atoms with E-state index in [1.807, 2.05) is 51.1 Å². The number of nitrogens with one attached hydrogen (secondary N) is 1. The lowest BCUT2D eigenvalue weighted by Crippen LogP contribution is -2.58. The van der Waals surface area contributed by atoms with Crippen LogP contribution < -0.4 is 5.32 Å². The molecule has 2 atom stereocenters. The number of ether oxygens (including phenoxy) is 1. The monoisotopic (exact) mass is 404 g/mol. The standard InChI is InChI=1S/C22H29FN2O4/c1-21(2,3)17(24-20(28)22(23)11-12-22)18(26)25-13-7-10-16(25)19(27)29-14-15-8-5-4-6-9-15/h4-6,8-9,16-17H,7,10-14H2,1-3H3,(H,24,28)/t16-,17+/m0/s1. The molecule has 0 radical (unpaired) electrons. The van der Waals surface area contributed by atoms with Crippen molar-refractivity contribution in [3.63, 3.8) is 0 Å². The van der Waals surface area contributed by atoms with Crippen molar-refractivity contribution in [1.29, 1.82) is 0 Å². The average Bonchev–Trinajstić information content (AvgIpc) is 3.24. The molecule has 2 aliphatic rings. The highest BCUT2D eigenvalue weighted by molar-refractivity contribution is 5.95. The molecule has 29 heavy (non-hydrogen) atoms. The first kappa shape index (κ1) is 21.3. The van der Waals surface area contributed by atoms with Crippen LogP contribution in [0.4, 0.5) is 4.39 Å². The van der Waals surface area contributed by atoms with E-state index in [9.17, 15) is 18.8 Å². The summed E-state index contributed by atoms with van der Waals surface area (Å²) in [6.45, 7) is 5.99. The first-order valence-electron chi connectivity index (χ1n) is 10.1. The van der Waals surface area contributed by atoms with Gasteiger partial charge in [0.25, 0.3) is 5.91 Å². The highest BCUT2D eigenvalue weighted by Gasteiger charge is 2.53. The van der Waals surface area contributed by atoms with Crippen molar-refractivity contribution in [1.82, 2.24) is 10.2 Å². The number of amides is 2. The van der Waals surface area contributed by atoms with Gasteiger partial charge in [-0.15, -0.1) is 0 Å². The predicted molar refractivity (Wildman–Crippen MR) is 105 cm³/mol. The zero-order valence-electron chi connectivity index (χ0n) is 17.2. The topological polar surface area (TPSA) is 75.7 Å². The molecular weight excluding hydrogens is 375 g/mol. The van der Waals surface area contributed by atoms with E-state index in [2.05, 4.69) is 5.32 Å². The fourth-order valence-corrected chi connectivity index (χ4v) is 3.51. The fourth-order valence-electron chi connectivity index (χ4n) is 3.51. The van der Waals surface area contributed by atoms with E-state index in [1.54, 1.807) is 0 Å². The third kappa shape index (κ3) is 4.95. The lowest BCUT2D eigenvalue weighted by molar-refractivity contribution is -0.156. The van der Waals surface area contributed by atoms with Crippen LogP contribution in [0.2, 0.25) is 0 Å². The first-order chi connectivity index (χ1) is 13.6. The van der Waals surface area contributed by atoms with Crippen LogP contribution in [0, 0.1) is 5.41 Å². The SMILES string of the molecule is CC(C)(C)[C@H](NC(=O)C1(F)CC1)C(=O)N1CCC[C@H]1C(=O)OCc1ccccc1. The summed E-state index contributed by atoms with van der Waals surface area (Å²) in [6, 6.07) is 7.73. The molecule has 1 N–H and O–H groups in total. The van der Waals surface area contributed by atoms with Gasteiger partial charge in [0, 0.05) is 6.54 Å². The van der Waals surface area contributed by atoms with Gasteiger partial charge in [-0.3, -0.25) is 9.59 Å². The molecule has 2 fully saturated rings. The van der Waals surface area contributed by atoms with Gasteiger partial charge in [0.05, 0.1) is 0 Å². The number of nitrogens with zero attached hydrogens (tertiary/aromatic N) is 1. The van der Waals surface area contributed by atoms with Gasteiger partial charge in [-0.2, -0.15) is 0 Å². The van der Waals surface area contributed by atoms with Crippen molar-refractivity contribution in [3.05, 3.63) is 35.9 Å². The van der Waals surface area contributed by atoms with Gasteiger partial charge in [0.1, 0.15) is 18.7 Å². The zero-order valence-corrected chi connectivity index (χ0v) is 17.2. The Bertz CT molecular complexity index is 771. The molecule has 0 spiro atoms. The van der Waals surface area contributed by atoms with Crippen LogP contribution in [0.3, 0.4) is 0 Å². The highest BCUT2D eigenvalue weighted by Crippen LogP contribution is 2.40. The largest absolute Gasteiger partial charge is 0.459 e. The van der Waals surface area contributed by atoms with Crippen molar-refractivity contribution < 1.29 is 23.5 Å². The van der Waals surface area contributed by atoms with Crippen LogP contribution in [0.1, 0.15) is 52.0 Å². The van der Waals surface area contributed by atoms with Crippen LogP contribution in [0.15, 0.2) is 30.3 Å². The summed E-state index contributed by atoms with van der Waals surface area (Å²) in [5, 5.41) is 2.60. The third-order valence-electron chi connectivity index (χ3n) is 5.52. The summed E-state index contributed by atoms with van der Waals surface area (Å²) in [5.74, 6) is -1.56. The van der Waals surface area contributed by atoms with E-state index in [0.29, 0.717) is 19.4 Å². The molecule has 0 bridgehead atoms. The molecular formula is C22H29FN2O4. The van der Waals surface area contributed by atoms with Crippen molar-refractivity contribution in [2.45, 2.75) is 70.8 Å². The van der Waals surface area contributed by atoms with Crippen molar-refractivity contribution in [2.75, 3.05) is 6.54 Å². The van der Waals surface area contributed by atoms with Crippen molar-refractivity contribution >= 4 is 17.8 Å². The van der Waals surface area contributed by atoms with Gasteiger partial charge in [-0.25, -0.2) is 9.18 Å². The lowest BCUT2D eigenvalue weighted by Gasteiger charge is -2.35. The quantitative estimate of drug-likeness (QED) is 0.740. The maximum Gasteiger partial charge on any atom is 0.329 e. The molecule has 1 aliphatic carbocycles. The maximum atomic E-state index is 14.1. The molecule has 0 unspecified atom stereocenters. The number of carbonyl (C=O) groups excluding carboxylic acids is 3. The molecule has 0 aromatic heterocycles. The fraction of sp³-hybridized carbons (Fsp3) is 0.591. The van der Waals surface area contributed by atoms with Crippen LogP contribution >= 0.6 is 0 Å². The predicted octanol–water partition coefficient (Wildman–Crippen LogP) is 2.75. The summed E-state index contributed by atoms with van der Waals surface area (Å²) >= 11 is 0. The molecule has 7 heteroatoms. The molecule has 1 aromatic carbocycles. The van der Waals surface area contributed by atoms with E-state index in [-0.39, 0.29) is 25.4 Å². The Labute approximate surface area is 170 Å². The van der Waals surface area contributed by atoms with E-state index in [4.69, 9.17) is 4.74 Å². The summed E-state index contributed by atoms with van der Waals surface area (Å²) in [7, 11) is 0. The van der Waals surface area contributed by atoms with Crippen molar-refractivity contribution in [2.24, 2.45) is 5.41 Å². The Morgan fingerprint density at radius 1 is 1.24 bits per heavy atom. The number of rotatable bonds is 6. The number of halogens is 1. The normalized spacial score (nSPS) is 21.4. The summed E-state index contributed by atoms with van der Waals surface area (Å²) in [6.07, 6.45) is 1.55. The van der Waals surface area contributed by atoms with E-state index >= 15 is 0 Å². The molecule has 158 valence electrons. The Hall–Kier alpha value is -2.44. The molecule has 1 aliphatic heterocycles. The summed E-state index contributed by atoms with van der Waals surface area (Å²) in [5.41, 5.74) is -1.61. The van der Waals surface area contributed by atoms with E-state index in [1.165, 1.54) is 4.90 Å². The first-order valence-corrected chi connectivity index (χ1v) is 10.1. The molecule has 3 rings (SSSR count). The molecule has 1 heterocycles. The molecule has 1 saturated heterocycles. The average molecular weight is 404 g/mol. The van der Waals surface area contributed by atoms with E-state index in [0.717, 1.165) is 5.56 Å². The third-order valence-corrected chi connectivity index (χ3v) is 5.52. The van der Waals surface area contributed by atoms with Gasteiger partial charge in [0.2, 0.25) is 5.91 Å². The second kappa shape index (κ2) is 8.13.